The predicted molar refractivity (Wildman–Crippen MR) is 73.9 cm³/mol. The van der Waals surface area contributed by atoms with Crippen LogP contribution < -0.4 is 10.1 Å². The molecule has 1 amide bonds. The lowest BCUT2D eigenvalue weighted by Crippen LogP contribution is -2.53. The van der Waals surface area contributed by atoms with Crippen molar-refractivity contribution in [2.75, 3.05) is 6.61 Å². The van der Waals surface area contributed by atoms with Crippen LogP contribution in [-0.2, 0) is 15.8 Å². The molecular weight excluding hydrogens is 315 g/mol. The van der Waals surface area contributed by atoms with Crippen LogP contribution in [0, 0.1) is 0 Å². The zero-order valence-corrected chi connectivity index (χ0v) is 12.2. The van der Waals surface area contributed by atoms with E-state index in [0.717, 1.165) is 24.3 Å². The highest BCUT2D eigenvalue weighted by Crippen LogP contribution is 2.31. The number of ether oxygens (including phenoxy) is 1. The van der Waals surface area contributed by atoms with Gasteiger partial charge in [-0.3, -0.25) is 4.79 Å². The third-order valence-electron chi connectivity index (χ3n) is 3.80. The number of rotatable bonds is 5. The summed E-state index contributed by atoms with van der Waals surface area (Å²) in [5, 5.41) is 11.7. The number of hydrogen-bond donors (Lipinski definition) is 2. The Labute approximate surface area is 130 Å². The molecule has 0 bridgehead atoms. The molecule has 1 aromatic carbocycles. The molecule has 0 saturated heterocycles. The first-order valence-corrected chi connectivity index (χ1v) is 7.07. The Balaban J connectivity index is 1.90. The summed E-state index contributed by atoms with van der Waals surface area (Å²) < 4.78 is 42.4. The third kappa shape index (κ3) is 4.14. The highest BCUT2D eigenvalue weighted by molar-refractivity contribution is 5.87. The van der Waals surface area contributed by atoms with E-state index < -0.39 is 35.8 Å². The average Bonchev–Trinajstić information content (AvgIpc) is 2.94. The van der Waals surface area contributed by atoms with Gasteiger partial charge in [-0.25, -0.2) is 4.79 Å². The standard InChI is InChI=1S/C15H16F3NO4/c16-15(17,18)10-3-5-11(6-4-10)23-9-12(20)19-14(13(21)22)7-1-2-8-14/h3-6H,1-2,7-9H2,(H,19,20)(H,21,22). The van der Waals surface area contributed by atoms with Crippen LogP contribution in [-0.4, -0.2) is 29.1 Å². The van der Waals surface area contributed by atoms with Gasteiger partial charge in [-0.15, -0.1) is 0 Å². The first-order valence-electron chi connectivity index (χ1n) is 7.07. The zero-order valence-electron chi connectivity index (χ0n) is 12.2. The smallest absolute Gasteiger partial charge is 0.416 e. The first kappa shape index (κ1) is 17.1. The van der Waals surface area contributed by atoms with Crippen LogP contribution in [0.5, 0.6) is 5.75 Å². The summed E-state index contributed by atoms with van der Waals surface area (Å²) in [7, 11) is 0. The fourth-order valence-electron chi connectivity index (χ4n) is 2.56. The first-order chi connectivity index (χ1) is 10.7. The maximum Gasteiger partial charge on any atom is 0.416 e. The normalized spacial score (nSPS) is 16.8. The molecule has 8 heteroatoms. The fraction of sp³-hybridized carbons (Fsp3) is 0.467. The van der Waals surface area contributed by atoms with Crippen LogP contribution >= 0.6 is 0 Å². The molecule has 1 aliphatic rings. The Morgan fingerprint density at radius 1 is 1.17 bits per heavy atom. The molecule has 1 saturated carbocycles. The molecule has 0 aliphatic heterocycles. The number of alkyl halides is 3. The number of halogens is 3. The molecule has 1 aliphatic carbocycles. The Kier molecular flexibility index (Phi) is 4.82. The lowest BCUT2D eigenvalue weighted by atomic mass is 9.98. The monoisotopic (exact) mass is 331 g/mol. The number of benzene rings is 1. The molecule has 0 atom stereocenters. The van der Waals surface area contributed by atoms with E-state index in [1.165, 1.54) is 0 Å². The number of carboxylic acid groups (broad SMARTS) is 1. The van der Waals surface area contributed by atoms with Crippen LogP contribution in [0.3, 0.4) is 0 Å². The quantitative estimate of drug-likeness (QED) is 0.870. The van der Waals surface area contributed by atoms with E-state index in [0.29, 0.717) is 25.7 Å². The molecule has 0 unspecified atom stereocenters. The molecule has 126 valence electrons. The van der Waals surface area contributed by atoms with E-state index >= 15 is 0 Å². The molecular formula is C15H16F3NO4. The number of hydrogen-bond acceptors (Lipinski definition) is 3. The van der Waals surface area contributed by atoms with Crippen molar-refractivity contribution in [3.8, 4) is 5.75 Å². The highest BCUT2D eigenvalue weighted by atomic mass is 19.4. The Morgan fingerprint density at radius 3 is 2.22 bits per heavy atom. The van der Waals surface area contributed by atoms with Crippen LogP contribution in [0.25, 0.3) is 0 Å². The molecule has 0 heterocycles. The van der Waals surface area contributed by atoms with Gasteiger partial charge in [-0.1, -0.05) is 12.8 Å². The molecule has 0 radical (unpaired) electrons. The van der Waals surface area contributed by atoms with Gasteiger partial charge < -0.3 is 15.2 Å². The van der Waals surface area contributed by atoms with Gasteiger partial charge in [-0.2, -0.15) is 13.2 Å². The molecule has 1 fully saturated rings. The van der Waals surface area contributed by atoms with E-state index in [1.54, 1.807) is 0 Å². The number of carboxylic acids is 1. The van der Waals surface area contributed by atoms with Crippen LogP contribution in [0.2, 0.25) is 0 Å². The van der Waals surface area contributed by atoms with Crippen molar-refractivity contribution in [1.29, 1.82) is 0 Å². The topological polar surface area (TPSA) is 75.6 Å². The Morgan fingerprint density at radius 2 is 1.74 bits per heavy atom. The molecule has 1 aromatic rings. The van der Waals surface area contributed by atoms with Crippen molar-refractivity contribution < 1.29 is 32.6 Å². The van der Waals surface area contributed by atoms with Gasteiger partial charge in [0.15, 0.2) is 6.61 Å². The van der Waals surface area contributed by atoms with Gasteiger partial charge in [0.25, 0.3) is 5.91 Å². The minimum atomic E-state index is -4.44. The van der Waals surface area contributed by atoms with E-state index in [2.05, 4.69) is 5.32 Å². The SMILES string of the molecule is O=C(COc1ccc(C(F)(F)F)cc1)NC1(C(=O)O)CCCC1. The van der Waals surface area contributed by atoms with Crippen molar-refractivity contribution in [2.24, 2.45) is 0 Å². The van der Waals surface area contributed by atoms with Gasteiger partial charge in [0.05, 0.1) is 5.56 Å². The molecule has 5 nitrogen and oxygen atoms in total. The lowest BCUT2D eigenvalue weighted by molar-refractivity contribution is -0.147. The largest absolute Gasteiger partial charge is 0.484 e. The van der Waals surface area contributed by atoms with Crippen molar-refractivity contribution in [3.63, 3.8) is 0 Å². The van der Waals surface area contributed by atoms with Crippen molar-refractivity contribution in [2.45, 2.75) is 37.4 Å². The number of amides is 1. The number of carbonyl (C=O) groups is 2. The van der Waals surface area contributed by atoms with Gasteiger partial charge in [0.1, 0.15) is 11.3 Å². The fourth-order valence-corrected chi connectivity index (χ4v) is 2.56. The maximum absolute atomic E-state index is 12.4. The number of carbonyl (C=O) groups excluding carboxylic acids is 1. The second-order valence-electron chi connectivity index (χ2n) is 5.45. The summed E-state index contributed by atoms with van der Waals surface area (Å²) in [4.78, 5) is 23.1. The maximum atomic E-state index is 12.4. The highest BCUT2D eigenvalue weighted by Gasteiger charge is 2.42. The Hall–Kier alpha value is -2.25. The molecule has 0 aromatic heterocycles. The van der Waals surface area contributed by atoms with Crippen LogP contribution in [0.1, 0.15) is 31.2 Å². The minimum Gasteiger partial charge on any atom is -0.484 e. The predicted octanol–water partition coefficient (Wildman–Crippen LogP) is 2.60. The molecule has 2 rings (SSSR count). The van der Waals surface area contributed by atoms with Crippen molar-refractivity contribution in [3.05, 3.63) is 29.8 Å². The second-order valence-corrected chi connectivity index (χ2v) is 5.45. The van der Waals surface area contributed by atoms with Gasteiger partial charge in [-0.05, 0) is 37.1 Å². The summed E-state index contributed by atoms with van der Waals surface area (Å²) in [6.45, 7) is -0.458. The van der Waals surface area contributed by atoms with E-state index in [1.807, 2.05) is 0 Å². The lowest BCUT2D eigenvalue weighted by Gasteiger charge is -2.25. The third-order valence-corrected chi connectivity index (χ3v) is 3.80. The van der Waals surface area contributed by atoms with Crippen LogP contribution in [0.4, 0.5) is 13.2 Å². The number of nitrogens with one attached hydrogen (secondary N) is 1. The number of aliphatic carboxylic acids is 1. The Bertz CT molecular complexity index is 577. The molecule has 2 N–H and O–H groups in total. The van der Waals surface area contributed by atoms with Gasteiger partial charge >= 0.3 is 12.1 Å². The summed E-state index contributed by atoms with van der Waals surface area (Å²) in [6, 6.07) is 3.92. The summed E-state index contributed by atoms with van der Waals surface area (Å²) in [5.41, 5.74) is -2.08. The van der Waals surface area contributed by atoms with E-state index in [4.69, 9.17) is 4.74 Å². The minimum absolute atomic E-state index is 0.101. The second kappa shape index (κ2) is 6.47. The van der Waals surface area contributed by atoms with Crippen molar-refractivity contribution in [1.82, 2.24) is 5.32 Å². The summed E-state index contributed by atoms with van der Waals surface area (Å²) >= 11 is 0. The van der Waals surface area contributed by atoms with Gasteiger partial charge in [0.2, 0.25) is 0 Å². The van der Waals surface area contributed by atoms with Crippen LogP contribution in [0.15, 0.2) is 24.3 Å². The van der Waals surface area contributed by atoms with E-state index in [-0.39, 0.29) is 5.75 Å². The van der Waals surface area contributed by atoms with Crippen molar-refractivity contribution >= 4 is 11.9 Å². The average molecular weight is 331 g/mol. The summed E-state index contributed by atoms with van der Waals surface area (Å²) in [6.07, 6.45) is -2.30. The zero-order chi connectivity index (χ0) is 17.1. The molecule has 0 spiro atoms. The molecule has 23 heavy (non-hydrogen) atoms. The van der Waals surface area contributed by atoms with E-state index in [9.17, 15) is 27.9 Å². The summed E-state index contributed by atoms with van der Waals surface area (Å²) in [5.74, 6) is -1.60. The van der Waals surface area contributed by atoms with Gasteiger partial charge in [0, 0.05) is 0 Å².